The fourth-order valence-corrected chi connectivity index (χ4v) is 3.39. The summed E-state index contributed by atoms with van der Waals surface area (Å²) in [5.41, 5.74) is 4.06. The SMILES string of the molecule is CCc1nnc(NC(=O)/C(C#N)=C\c2cccn2-c2ccc(C)cc2C)s1. The Morgan fingerprint density at radius 1 is 1.33 bits per heavy atom. The monoisotopic (exact) mass is 377 g/mol. The van der Waals surface area contributed by atoms with Gasteiger partial charge in [0.15, 0.2) is 0 Å². The van der Waals surface area contributed by atoms with Crippen LogP contribution in [0.15, 0.2) is 42.1 Å². The van der Waals surface area contributed by atoms with E-state index in [1.807, 2.05) is 61.9 Å². The smallest absolute Gasteiger partial charge is 0.268 e. The van der Waals surface area contributed by atoms with E-state index in [4.69, 9.17) is 0 Å². The third-order valence-electron chi connectivity index (χ3n) is 4.04. The largest absolute Gasteiger partial charge is 0.317 e. The van der Waals surface area contributed by atoms with Crippen molar-refractivity contribution in [3.8, 4) is 11.8 Å². The van der Waals surface area contributed by atoms with Gasteiger partial charge in [-0.2, -0.15) is 5.26 Å². The molecule has 27 heavy (non-hydrogen) atoms. The number of benzene rings is 1. The van der Waals surface area contributed by atoms with E-state index in [1.165, 1.54) is 16.9 Å². The van der Waals surface area contributed by atoms with Crippen LogP contribution in [0, 0.1) is 25.2 Å². The summed E-state index contributed by atoms with van der Waals surface area (Å²) in [6, 6.07) is 11.9. The molecule has 0 saturated carbocycles. The summed E-state index contributed by atoms with van der Waals surface area (Å²) in [5, 5.41) is 21.2. The molecular formula is C20H19N5OS. The Hall–Kier alpha value is -3.24. The number of amides is 1. The van der Waals surface area contributed by atoms with E-state index >= 15 is 0 Å². The molecule has 0 fully saturated rings. The third-order valence-corrected chi connectivity index (χ3v) is 5.02. The van der Waals surface area contributed by atoms with Gasteiger partial charge in [0.2, 0.25) is 5.13 Å². The molecule has 2 heterocycles. The van der Waals surface area contributed by atoms with Crippen LogP contribution in [0.4, 0.5) is 5.13 Å². The second-order valence-electron chi connectivity index (χ2n) is 6.07. The van der Waals surface area contributed by atoms with E-state index in [0.29, 0.717) is 5.13 Å². The van der Waals surface area contributed by atoms with Crippen LogP contribution in [0.5, 0.6) is 0 Å². The molecule has 0 saturated heterocycles. The van der Waals surface area contributed by atoms with E-state index in [1.54, 1.807) is 6.08 Å². The molecule has 3 aromatic rings. The second-order valence-corrected chi connectivity index (χ2v) is 7.13. The van der Waals surface area contributed by atoms with Crippen molar-refractivity contribution in [2.75, 3.05) is 5.32 Å². The number of nitriles is 1. The zero-order chi connectivity index (χ0) is 19.4. The van der Waals surface area contributed by atoms with Crippen LogP contribution < -0.4 is 5.32 Å². The number of rotatable bonds is 5. The molecule has 3 rings (SSSR count). The average Bonchev–Trinajstić information content (AvgIpc) is 3.28. The summed E-state index contributed by atoms with van der Waals surface area (Å²) in [6.07, 6.45) is 4.24. The Kier molecular flexibility index (Phi) is 5.48. The first-order valence-corrected chi connectivity index (χ1v) is 9.34. The molecule has 136 valence electrons. The summed E-state index contributed by atoms with van der Waals surface area (Å²) in [4.78, 5) is 12.5. The van der Waals surface area contributed by atoms with Gasteiger partial charge in [0.05, 0.1) is 0 Å². The number of hydrogen-bond donors (Lipinski definition) is 1. The Bertz CT molecular complexity index is 1050. The van der Waals surface area contributed by atoms with Crippen LogP contribution in [0.3, 0.4) is 0 Å². The van der Waals surface area contributed by atoms with Crippen LogP contribution in [0.2, 0.25) is 0 Å². The molecule has 0 unspecified atom stereocenters. The number of nitrogens with zero attached hydrogens (tertiary/aromatic N) is 4. The van der Waals surface area contributed by atoms with Gasteiger partial charge in [-0.3, -0.25) is 10.1 Å². The number of hydrogen-bond acceptors (Lipinski definition) is 5. The van der Waals surface area contributed by atoms with Crippen molar-refractivity contribution < 1.29 is 4.79 Å². The second kappa shape index (κ2) is 7.98. The van der Waals surface area contributed by atoms with E-state index in [0.717, 1.165) is 28.4 Å². The predicted octanol–water partition coefficient (Wildman–Crippen LogP) is 4.05. The van der Waals surface area contributed by atoms with Gasteiger partial charge >= 0.3 is 0 Å². The maximum Gasteiger partial charge on any atom is 0.268 e. The quantitative estimate of drug-likeness (QED) is 0.537. The highest BCUT2D eigenvalue weighted by molar-refractivity contribution is 7.15. The standard InChI is InChI=1S/C20H19N5OS/c1-4-18-23-24-20(27-18)22-19(26)15(12-21)11-16-6-5-9-25(16)17-8-7-13(2)10-14(17)3/h5-11H,4H2,1-3H3,(H,22,24,26)/b15-11-. The summed E-state index contributed by atoms with van der Waals surface area (Å²) >= 11 is 1.30. The van der Waals surface area contributed by atoms with Gasteiger partial charge < -0.3 is 4.57 Å². The third kappa shape index (κ3) is 4.13. The van der Waals surface area contributed by atoms with Gasteiger partial charge in [-0.25, -0.2) is 0 Å². The van der Waals surface area contributed by atoms with Crippen LogP contribution in [-0.4, -0.2) is 20.7 Å². The van der Waals surface area contributed by atoms with Crippen molar-refractivity contribution in [3.63, 3.8) is 0 Å². The van der Waals surface area contributed by atoms with Crippen molar-refractivity contribution >= 4 is 28.5 Å². The molecule has 0 bridgehead atoms. The first kappa shape index (κ1) is 18.5. The van der Waals surface area contributed by atoms with Gasteiger partial charge in [0, 0.05) is 17.6 Å². The fourth-order valence-electron chi connectivity index (χ4n) is 2.71. The molecule has 1 amide bonds. The van der Waals surface area contributed by atoms with E-state index in [9.17, 15) is 10.1 Å². The molecule has 0 aliphatic heterocycles. The van der Waals surface area contributed by atoms with E-state index in [-0.39, 0.29) is 5.57 Å². The van der Waals surface area contributed by atoms with E-state index in [2.05, 4.69) is 21.6 Å². The number of anilines is 1. The highest BCUT2D eigenvalue weighted by atomic mass is 32.1. The van der Waals surface area contributed by atoms with Crippen LogP contribution in [-0.2, 0) is 11.2 Å². The first-order valence-electron chi connectivity index (χ1n) is 8.52. The molecule has 0 aliphatic carbocycles. The van der Waals surface area contributed by atoms with Crippen LogP contribution in [0.25, 0.3) is 11.8 Å². The number of carbonyl (C=O) groups is 1. The number of aryl methyl sites for hydroxylation is 3. The lowest BCUT2D eigenvalue weighted by atomic mass is 10.1. The van der Waals surface area contributed by atoms with Crippen LogP contribution in [0.1, 0.15) is 28.8 Å². The summed E-state index contributed by atoms with van der Waals surface area (Å²) in [7, 11) is 0. The Morgan fingerprint density at radius 2 is 2.15 bits per heavy atom. The molecule has 1 aromatic carbocycles. The maximum absolute atomic E-state index is 12.5. The van der Waals surface area contributed by atoms with Gasteiger partial charge in [0.1, 0.15) is 16.6 Å². The minimum absolute atomic E-state index is 0.00737. The van der Waals surface area contributed by atoms with Crippen molar-refractivity contribution in [3.05, 3.63) is 63.9 Å². The molecule has 0 spiro atoms. The van der Waals surface area contributed by atoms with Crippen LogP contribution >= 0.6 is 11.3 Å². The predicted molar refractivity (Wildman–Crippen MR) is 107 cm³/mol. The molecule has 7 heteroatoms. The Labute approximate surface area is 161 Å². The van der Waals surface area contributed by atoms with Gasteiger partial charge in [-0.05, 0) is 50.1 Å². The molecule has 0 radical (unpaired) electrons. The topological polar surface area (TPSA) is 83.6 Å². The lowest BCUT2D eigenvalue weighted by molar-refractivity contribution is -0.112. The summed E-state index contributed by atoms with van der Waals surface area (Å²) in [5.74, 6) is -0.496. The lowest BCUT2D eigenvalue weighted by Crippen LogP contribution is -2.13. The van der Waals surface area contributed by atoms with Crippen molar-refractivity contribution in [1.29, 1.82) is 5.26 Å². The Morgan fingerprint density at radius 3 is 2.81 bits per heavy atom. The zero-order valence-corrected chi connectivity index (χ0v) is 16.2. The minimum Gasteiger partial charge on any atom is -0.317 e. The Balaban J connectivity index is 1.89. The van der Waals surface area contributed by atoms with Gasteiger partial charge in [-0.1, -0.05) is 36.0 Å². The molecular weight excluding hydrogens is 358 g/mol. The average molecular weight is 377 g/mol. The van der Waals surface area contributed by atoms with Crippen molar-refractivity contribution in [1.82, 2.24) is 14.8 Å². The molecule has 0 atom stereocenters. The van der Waals surface area contributed by atoms with Crippen molar-refractivity contribution in [2.45, 2.75) is 27.2 Å². The number of nitrogens with one attached hydrogen (secondary N) is 1. The number of aromatic nitrogens is 3. The molecule has 1 N–H and O–H groups in total. The fraction of sp³-hybridized carbons (Fsp3) is 0.200. The molecule has 0 aliphatic rings. The molecule has 2 aromatic heterocycles. The number of carbonyl (C=O) groups excluding carboxylic acids is 1. The maximum atomic E-state index is 12.5. The minimum atomic E-state index is -0.496. The van der Waals surface area contributed by atoms with Gasteiger partial charge in [-0.15, -0.1) is 10.2 Å². The highest BCUT2D eigenvalue weighted by Gasteiger charge is 2.14. The lowest BCUT2D eigenvalue weighted by Gasteiger charge is -2.11. The van der Waals surface area contributed by atoms with Gasteiger partial charge in [0.25, 0.3) is 5.91 Å². The zero-order valence-electron chi connectivity index (χ0n) is 15.4. The normalized spacial score (nSPS) is 11.3. The summed E-state index contributed by atoms with van der Waals surface area (Å²) in [6.45, 7) is 6.05. The molecule has 6 nitrogen and oxygen atoms in total. The highest BCUT2D eigenvalue weighted by Crippen LogP contribution is 2.21. The first-order chi connectivity index (χ1) is 13.0. The van der Waals surface area contributed by atoms with Crippen molar-refractivity contribution in [2.24, 2.45) is 0 Å². The summed E-state index contributed by atoms with van der Waals surface area (Å²) < 4.78 is 1.96. The van der Waals surface area contributed by atoms with E-state index < -0.39 is 5.91 Å².